The molecule has 0 spiro atoms. The van der Waals surface area contributed by atoms with E-state index in [0.29, 0.717) is 16.8 Å². The van der Waals surface area contributed by atoms with E-state index < -0.39 is 19.0 Å². The molecule has 0 radical (unpaired) electrons. The van der Waals surface area contributed by atoms with Crippen molar-refractivity contribution in [2.24, 2.45) is 0 Å². The maximum Gasteiger partial charge on any atom is 0.586 e. The summed E-state index contributed by atoms with van der Waals surface area (Å²) >= 11 is 0. The number of hydrogen-bond donors (Lipinski definition) is 0. The van der Waals surface area contributed by atoms with Gasteiger partial charge in [0, 0.05) is 5.46 Å². The summed E-state index contributed by atoms with van der Waals surface area (Å²) in [6.07, 6.45) is -3.63. The van der Waals surface area contributed by atoms with Gasteiger partial charge in [0.1, 0.15) is 5.60 Å². The number of hydrogen-bond acceptors (Lipinski definition) is 4. The average molecular weight is 282 g/mol. The number of alkyl halides is 2. The number of fused-ring (bicyclic) bond motifs is 1. The Hall–Kier alpha value is -1.76. The second kappa shape index (κ2) is 3.88. The lowest BCUT2D eigenvalue weighted by Gasteiger charge is -2.15. The third kappa shape index (κ3) is 2.02. The normalized spacial score (nSPS) is 22.1. The van der Waals surface area contributed by atoms with Gasteiger partial charge in [-0.3, -0.25) is 0 Å². The van der Waals surface area contributed by atoms with E-state index in [0.717, 1.165) is 0 Å². The quantitative estimate of drug-likeness (QED) is 0.741. The van der Waals surface area contributed by atoms with Crippen LogP contribution in [0.5, 0.6) is 11.5 Å². The van der Waals surface area contributed by atoms with E-state index in [9.17, 15) is 8.78 Å². The molecule has 3 rings (SSSR count). The molecule has 4 nitrogen and oxygen atoms in total. The van der Waals surface area contributed by atoms with Crippen LogP contribution in [-0.4, -0.2) is 19.0 Å². The molecule has 1 saturated heterocycles. The topological polar surface area (TPSA) is 36.9 Å². The molecule has 0 atom stereocenters. The SMILES string of the molecule is C=C1OB(c2cc3c(cc2C)OC(F)(F)O3)OC1(C)C. The zero-order valence-electron chi connectivity index (χ0n) is 11.3. The van der Waals surface area contributed by atoms with Gasteiger partial charge in [-0.1, -0.05) is 6.58 Å². The van der Waals surface area contributed by atoms with Gasteiger partial charge in [-0.15, -0.1) is 8.78 Å². The summed E-state index contributed by atoms with van der Waals surface area (Å²) in [5, 5.41) is 0. The summed E-state index contributed by atoms with van der Waals surface area (Å²) in [4.78, 5) is 0. The Kier molecular flexibility index (Phi) is 2.57. The lowest BCUT2D eigenvalue weighted by molar-refractivity contribution is -0.286. The van der Waals surface area contributed by atoms with Crippen LogP contribution in [0.25, 0.3) is 0 Å². The highest BCUT2D eigenvalue weighted by Gasteiger charge is 2.47. The van der Waals surface area contributed by atoms with Crippen LogP contribution in [0.1, 0.15) is 19.4 Å². The first-order valence-electron chi connectivity index (χ1n) is 6.12. The van der Waals surface area contributed by atoms with Gasteiger partial charge in [0.05, 0.1) is 5.76 Å². The first kappa shape index (κ1) is 13.2. The van der Waals surface area contributed by atoms with Crippen LogP contribution in [0.4, 0.5) is 8.78 Å². The van der Waals surface area contributed by atoms with Crippen molar-refractivity contribution >= 4 is 12.6 Å². The van der Waals surface area contributed by atoms with Crippen molar-refractivity contribution in [3.63, 3.8) is 0 Å². The molecule has 0 bridgehead atoms. The van der Waals surface area contributed by atoms with Crippen molar-refractivity contribution in [3.8, 4) is 11.5 Å². The van der Waals surface area contributed by atoms with E-state index in [1.807, 2.05) is 13.8 Å². The maximum atomic E-state index is 13.0. The summed E-state index contributed by atoms with van der Waals surface area (Å²) in [6, 6.07) is 2.93. The minimum Gasteiger partial charge on any atom is -0.534 e. The number of ether oxygens (including phenoxy) is 2. The number of halogens is 2. The Bertz CT molecular complexity index is 600. The zero-order chi connectivity index (χ0) is 14.7. The van der Waals surface area contributed by atoms with E-state index in [1.165, 1.54) is 12.1 Å². The molecule has 0 unspecified atom stereocenters. The van der Waals surface area contributed by atoms with Crippen LogP contribution in [0, 0.1) is 6.92 Å². The standard InChI is InChI=1S/C13H13BF2O4/c1-7-5-10-11(18-13(15,16)17-10)6-9(7)14-19-8(2)12(3,4)20-14/h5-6H,2H2,1,3-4H3. The second-order valence-corrected chi connectivity index (χ2v) is 5.32. The van der Waals surface area contributed by atoms with Crippen molar-refractivity contribution in [1.29, 1.82) is 0 Å². The van der Waals surface area contributed by atoms with E-state index in [1.54, 1.807) is 6.92 Å². The fraction of sp³-hybridized carbons (Fsp3) is 0.385. The molecule has 106 valence electrons. The zero-order valence-corrected chi connectivity index (χ0v) is 11.3. The Labute approximate surface area is 115 Å². The summed E-state index contributed by atoms with van der Waals surface area (Å²) in [5.74, 6) is 0.468. The van der Waals surface area contributed by atoms with Crippen molar-refractivity contribution < 1.29 is 27.6 Å². The minimum absolute atomic E-state index is 0.00679. The van der Waals surface area contributed by atoms with Gasteiger partial charge >= 0.3 is 13.4 Å². The molecular formula is C13H13BF2O4. The fourth-order valence-electron chi connectivity index (χ4n) is 2.12. The first-order valence-corrected chi connectivity index (χ1v) is 6.12. The fourth-order valence-corrected chi connectivity index (χ4v) is 2.12. The molecule has 0 amide bonds. The molecule has 1 aromatic carbocycles. The molecule has 1 aromatic rings. The Balaban J connectivity index is 1.96. The minimum atomic E-state index is -3.63. The number of aryl methyl sites for hydroxylation is 1. The molecule has 0 aromatic heterocycles. The Morgan fingerprint density at radius 2 is 1.75 bits per heavy atom. The average Bonchev–Trinajstić information content (AvgIpc) is 2.72. The third-order valence-electron chi connectivity index (χ3n) is 3.37. The van der Waals surface area contributed by atoms with E-state index in [4.69, 9.17) is 9.31 Å². The van der Waals surface area contributed by atoms with E-state index in [-0.39, 0.29) is 11.5 Å². The molecule has 7 heteroatoms. The molecule has 2 aliphatic heterocycles. The highest BCUT2D eigenvalue weighted by molar-refractivity contribution is 6.63. The largest absolute Gasteiger partial charge is 0.586 e. The lowest BCUT2D eigenvalue weighted by atomic mass is 9.76. The molecule has 0 aliphatic carbocycles. The van der Waals surface area contributed by atoms with Crippen LogP contribution >= 0.6 is 0 Å². The molecular weight excluding hydrogens is 269 g/mol. The Morgan fingerprint density at radius 3 is 2.30 bits per heavy atom. The monoisotopic (exact) mass is 282 g/mol. The number of benzene rings is 1. The van der Waals surface area contributed by atoms with Crippen molar-refractivity contribution in [2.45, 2.75) is 32.7 Å². The molecule has 0 saturated carbocycles. The van der Waals surface area contributed by atoms with E-state index >= 15 is 0 Å². The van der Waals surface area contributed by atoms with E-state index in [2.05, 4.69) is 16.1 Å². The van der Waals surface area contributed by atoms with Crippen LogP contribution < -0.4 is 14.9 Å². The highest BCUT2D eigenvalue weighted by Crippen LogP contribution is 2.41. The van der Waals surface area contributed by atoms with Crippen LogP contribution in [-0.2, 0) is 9.31 Å². The van der Waals surface area contributed by atoms with Gasteiger partial charge < -0.3 is 18.8 Å². The highest BCUT2D eigenvalue weighted by atomic mass is 19.3. The summed E-state index contributed by atoms with van der Waals surface area (Å²) < 4.78 is 46.2. The first-order chi connectivity index (χ1) is 9.18. The Morgan fingerprint density at radius 1 is 1.15 bits per heavy atom. The summed E-state index contributed by atoms with van der Waals surface area (Å²) in [5.41, 5.74) is 0.689. The van der Waals surface area contributed by atoms with Gasteiger partial charge in [0.2, 0.25) is 0 Å². The van der Waals surface area contributed by atoms with Gasteiger partial charge in [-0.05, 0) is 38.5 Å². The molecule has 1 fully saturated rings. The smallest absolute Gasteiger partial charge is 0.534 e. The van der Waals surface area contributed by atoms with Crippen LogP contribution in [0.15, 0.2) is 24.5 Å². The van der Waals surface area contributed by atoms with Gasteiger partial charge in [-0.25, -0.2) is 0 Å². The number of rotatable bonds is 1. The summed E-state index contributed by atoms with van der Waals surface area (Å²) in [7, 11) is -0.694. The molecule has 2 aliphatic rings. The van der Waals surface area contributed by atoms with Gasteiger partial charge in [-0.2, -0.15) is 0 Å². The van der Waals surface area contributed by atoms with Crippen LogP contribution in [0.3, 0.4) is 0 Å². The molecule has 0 N–H and O–H groups in total. The predicted molar refractivity (Wildman–Crippen MR) is 68.2 cm³/mol. The third-order valence-corrected chi connectivity index (χ3v) is 3.37. The predicted octanol–water partition coefficient (Wildman–Crippen LogP) is 2.35. The van der Waals surface area contributed by atoms with Gasteiger partial charge in [0.25, 0.3) is 0 Å². The lowest BCUT2D eigenvalue weighted by Crippen LogP contribution is -2.36. The van der Waals surface area contributed by atoms with Crippen LogP contribution in [0.2, 0.25) is 0 Å². The van der Waals surface area contributed by atoms with Crippen molar-refractivity contribution in [1.82, 2.24) is 0 Å². The van der Waals surface area contributed by atoms with Gasteiger partial charge in [0.15, 0.2) is 11.5 Å². The molecule has 2 heterocycles. The van der Waals surface area contributed by atoms with Crippen molar-refractivity contribution in [3.05, 3.63) is 30.0 Å². The second-order valence-electron chi connectivity index (χ2n) is 5.32. The van der Waals surface area contributed by atoms with Crippen molar-refractivity contribution in [2.75, 3.05) is 0 Å². The summed E-state index contributed by atoms with van der Waals surface area (Å²) in [6.45, 7) is 9.20. The molecule has 20 heavy (non-hydrogen) atoms. The maximum absolute atomic E-state index is 13.0.